The highest BCUT2D eigenvalue weighted by molar-refractivity contribution is 5.85. The molecule has 0 aromatic heterocycles. The van der Waals surface area contributed by atoms with E-state index in [1.54, 1.807) is 0 Å². The molecule has 1 saturated carbocycles. The molecule has 0 amide bonds. The van der Waals surface area contributed by atoms with Crippen LogP contribution in [0.5, 0.6) is 0 Å². The zero-order valence-electron chi connectivity index (χ0n) is 5.75. The summed E-state index contributed by atoms with van der Waals surface area (Å²) in [7, 11) is 0. The number of fused-ring (bicyclic) bond motifs is 1. The van der Waals surface area contributed by atoms with Gasteiger partial charge in [-0.15, -0.1) is 4.67 Å². The summed E-state index contributed by atoms with van der Waals surface area (Å²) >= 11 is 0. The van der Waals surface area contributed by atoms with Crippen molar-refractivity contribution in [3.05, 3.63) is 0 Å². The van der Waals surface area contributed by atoms with Gasteiger partial charge in [0.1, 0.15) is 0 Å². The average Bonchev–Trinajstić information content (AvgIpc) is 2.39. The highest BCUT2D eigenvalue weighted by atomic mass is 14.7. The molecule has 2 rings (SSSR count). The van der Waals surface area contributed by atoms with E-state index in [1.165, 1.54) is 12.8 Å². The predicted octanol–water partition coefficient (Wildman–Crippen LogP) is 0.871. The van der Waals surface area contributed by atoms with Crippen LogP contribution in [0.15, 0.2) is 0 Å². The van der Waals surface area contributed by atoms with Crippen LogP contribution in [0.4, 0.5) is 0 Å². The van der Waals surface area contributed by atoms with Crippen molar-refractivity contribution in [2.75, 3.05) is 0 Å². The number of nitrogens with zero attached hydrogens (tertiary/aromatic N) is 1. The first-order chi connectivity index (χ1) is 4.43. The van der Waals surface area contributed by atoms with Gasteiger partial charge in [-0.05, 0) is 12.3 Å². The fraction of sp³-hybridized carbons (Fsp3) is 0.750. The monoisotopic (exact) mass is 122 g/mol. The first kappa shape index (κ1) is 5.25. The second kappa shape index (κ2) is 1.71. The molecule has 0 radical (unpaired) electrons. The van der Waals surface area contributed by atoms with Crippen LogP contribution in [0.2, 0.25) is 0 Å². The molecule has 0 N–H and O–H groups in total. The zero-order chi connectivity index (χ0) is 6.27. The summed E-state index contributed by atoms with van der Waals surface area (Å²) in [5.41, 5.74) is 0. The van der Waals surface area contributed by atoms with E-state index in [0.29, 0.717) is 0 Å². The summed E-state index contributed by atoms with van der Waals surface area (Å²) in [5, 5.41) is 0. The molecule has 0 bridgehead atoms. The number of rotatable bonds is 2. The van der Waals surface area contributed by atoms with Crippen LogP contribution < -0.4 is 4.67 Å². The van der Waals surface area contributed by atoms with Crippen LogP contribution in [0.3, 0.4) is 0 Å². The van der Waals surface area contributed by atoms with Crippen LogP contribution in [0, 0.1) is 17.8 Å². The number of hydrogen-bond acceptors (Lipinski definition) is 0. The Balaban J connectivity index is 1.91. The van der Waals surface area contributed by atoms with Crippen molar-refractivity contribution in [2.45, 2.75) is 19.8 Å². The lowest BCUT2D eigenvalue weighted by molar-refractivity contribution is 0.675. The Kier molecular flexibility index (Phi) is 1.000. The highest BCUT2D eigenvalue weighted by Crippen LogP contribution is 2.47. The quantitative estimate of drug-likeness (QED) is 0.482. The van der Waals surface area contributed by atoms with E-state index in [4.69, 9.17) is 0 Å². The van der Waals surface area contributed by atoms with Gasteiger partial charge in [0.05, 0.1) is 11.8 Å². The minimum absolute atomic E-state index is 0.852. The molecule has 2 unspecified atom stereocenters. The first-order valence-electron chi connectivity index (χ1n) is 3.80. The molecule has 9 heavy (non-hydrogen) atoms. The van der Waals surface area contributed by atoms with E-state index in [-0.39, 0.29) is 0 Å². The Morgan fingerprint density at radius 2 is 2.00 bits per heavy atom. The Bertz CT molecular complexity index is 163. The SMILES string of the molecule is CCCC1C2C=[N+]=CC21. The number of hydrogen-bond donors (Lipinski definition) is 0. The van der Waals surface area contributed by atoms with Crippen LogP contribution >= 0.6 is 0 Å². The Hall–Kier alpha value is -0.550. The van der Waals surface area contributed by atoms with Crippen molar-refractivity contribution in [3.8, 4) is 0 Å². The predicted molar refractivity (Wildman–Crippen MR) is 39.6 cm³/mol. The summed E-state index contributed by atoms with van der Waals surface area (Å²) in [6, 6.07) is 0. The lowest BCUT2D eigenvalue weighted by Crippen LogP contribution is -1.88. The van der Waals surface area contributed by atoms with Gasteiger partial charge >= 0.3 is 0 Å². The molecule has 1 heteroatoms. The van der Waals surface area contributed by atoms with Crippen LogP contribution in [0.1, 0.15) is 19.8 Å². The van der Waals surface area contributed by atoms with Crippen LogP contribution in [-0.4, -0.2) is 12.4 Å². The van der Waals surface area contributed by atoms with Crippen molar-refractivity contribution in [3.63, 3.8) is 0 Å². The second-order valence-electron chi connectivity index (χ2n) is 3.05. The van der Waals surface area contributed by atoms with E-state index < -0.39 is 0 Å². The van der Waals surface area contributed by atoms with E-state index in [9.17, 15) is 0 Å². The molecule has 1 nitrogen and oxygen atoms in total. The Morgan fingerprint density at radius 1 is 1.33 bits per heavy atom. The largest absolute Gasteiger partial charge is 0.272 e. The molecule has 2 aliphatic rings. The third-order valence-electron chi connectivity index (χ3n) is 2.43. The summed E-state index contributed by atoms with van der Waals surface area (Å²) in [6.45, 7) is 2.26. The van der Waals surface area contributed by atoms with Gasteiger partial charge in [0.25, 0.3) is 12.4 Å². The normalized spacial score (nSPS) is 43.4. The molecular formula is C8H12N+. The van der Waals surface area contributed by atoms with Gasteiger partial charge in [-0.2, -0.15) is 0 Å². The van der Waals surface area contributed by atoms with Gasteiger partial charge in [0.2, 0.25) is 0 Å². The van der Waals surface area contributed by atoms with Crippen LogP contribution in [-0.2, 0) is 0 Å². The minimum Gasteiger partial charge on any atom is -0.110 e. The van der Waals surface area contributed by atoms with E-state index >= 15 is 0 Å². The standard InChI is InChI=1S/C8H12N/c1-2-3-6-7-4-9-5-8(6)7/h4-8H,2-3H2,1H3/q+1. The second-order valence-corrected chi connectivity index (χ2v) is 3.05. The molecule has 1 aliphatic heterocycles. The van der Waals surface area contributed by atoms with Gasteiger partial charge in [-0.1, -0.05) is 13.3 Å². The fourth-order valence-corrected chi connectivity index (χ4v) is 1.81. The fourth-order valence-electron chi connectivity index (χ4n) is 1.81. The summed E-state index contributed by atoms with van der Waals surface area (Å²) in [6.07, 6.45) is 6.97. The molecular weight excluding hydrogens is 110 g/mol. The molecule has 1 fully saturated rings. The summed E-state index contributed by atoms with van der Waals surface area (Å²) in [5.74, 6) is 2.68. The summed E-state index contributed by atoms with van der Waals surface area (Å²) < 4.78 is 4.10. The van der Waals surface area contributed by atoms with Crippen molar-refractivity contribution >= 4 is 12.4 Å². The molecule has 48 valence electrons. The molecule has 0 aromatic carbocycles. The maximum atomic E-state index is 4.10. The van der Waals surface area contributed by atoms with Crippen molar-refractivity contribution < 1.29 is 0 Å². The smallest absolute Gasteiger partial charge is 0.110 e. The van der Waals surface area contributed by atoms with Gasteiger partial charge in [-0.25, -0.2) is 0 Å². The first-order valence-corrected chi connectivity index (χ1v) is 3.80. The van der Waals surface area contributed by atoms with Crippen molar-refractivity contribution in [1.29, 1.82) is 0 Å². The van der Waals surface area contributed by atoms with Gasteiger partial charge in [0, 0.05) is 0 Å². The third-order valence-corrected chi connectivity index (χ3v) is 2.43. The van der Waals surface area contributed by atoms with Crippen molar-refractivity contribution in [1.82, 2.24) is 4.67 Å². The Labute approximate surface area is 55.5 Å². The Morgan fingerprint density at radius 3 is 2.56 bits per heavy atom. The zero-order valence-corrected chi connectivity index (χ0v) is 5.75. The average molecular weight is 122 g/mol. The molecule has 0 spiro atoms. The van der Waals surface area contributed by atoms with E-state index in [1.807, 2.05) is 0 Å². The molecule has 0 saturated heterocycles. The van der Waals surface area contributed by atoms with Gasteiger partial charge in [-0.3, -0.25) is 0 Å². The molecule has 0 aromatic rings. The maximum absolute atomic E-state index is 4.10. The molecule has 1 aliphatic carbocycles. The van der Waals surface area contributed by atoms with E-state index in [2.05, 4.69) is 24.0 Å². The third kappa shape index (κ3) is 0.650. The van der Waals surface area contributed by atoms with Gasteiger partial charge in [0.15, 0.2) is 0 Å². The van der Waals surface area contributed by atoms with Gasteiger partial charge < -0.3 is 0 Å². The lowest BCUT2D eigenvalue weighted by atomic mass is 10.2. The molecule has 1 heterocycles. The van der Waals surface area contributed by atoms with Crippen molar-refractivity contribution in [2.24, 2.45) is 17.8 Å². The maximum Gasteiger partial charge on any atom is 0.272 e. The highest BCUT2D eigenvalue weighted by Gasteiger charge is 2.55. The summed E-state index contributed by atoms with van der Waals surface area (Å²) in [4.78, 5) is 0. The lowest BCUT2D eigenvalue weighted by Gasteiger charge is -1.86. The topological polar surface area (TPSA) is 14.1 Å². The van der Waals surface area contributed by atoms with E-state index in [0.717, 1.165) is 17.8 Å². The molecule has 2 atom stereocenters. The minimum atomic E-state index is 0.852. The van der Waals surface area contributed by atoms with Crippen LogP contribution in [0.25, 0.3) is 0 Å².